The highest BCUT2D eigenvalue weighted by atomic mass is 19.1. The predicted octanol–water partition coefficient (Wildman–Crippen LogP) is 1.17. The molecule has 2 heterocycles. The molecule has 8 nitrogen and oxygen atoms in total. The van der Waals surface area contributed by atoms with Crippen LogP contribution in [0.4, 0.5) is 4.39 Å². The van der Waals surface area contributed by atoms with Crippen LogP contribution in [-0.4, -0.2) is 51.9 Å². The number of rotatable bonds is 7. The number of carbonyl (C=O) groups is 1. The maximum Gasteiger partial charge on any atom is 0.256 e. The zero-order valence-corrected chi connectivity index (χ0v) is 15.4. The number of hydrogen-bond acceptors (Lipinski definition) is 7. The minimum atomic E-state index is -1.55. The standard InChI is InChI=1S/C18H23FN4O4/c1-12-21-16(22-27-12)9-20-11-18(25)6-3-7-23(17(18)24)10-13-8-14(26-2)4-5-15(13)19/h4-5,8,20,25H,3,6-7,9-11H2,1-2H3. The van der Waals surface area contributed by atoms with Crippen molar-refractivity contribution in [1.29, 1.82) is 0 Å². The van der Waals surface area contributed by atoms with E-state index in [-0.39, 0.29) is 19.6 Å². The van der Waals surface area contributed by atoms with Gasteiger partial charge in [-0.1, -0.05) is 5.16 Å². The summed E-state index contributed by atoms with van der Waals surface area (Å²) in [4.78, 5) is 18.3. The van der Waals surface area contributed by atoms with E-state index in [4.69, 9.17) is 9.26 Å². The van der Waals surface area contributed by atoms with Crippen molar-refractivity contribution in [1.82, 2.24) is 20.4 Å². The molecule has 2 N–H and O–H groups in total. The van der Waals surface area contributed by atoms with E-state index < -0.39 is 17.3 Å². The van der Waals surface area contributed by atoms with E-state index in [2.05, 4.69) is 15.5 Å². The van der Waals surface area contributed by atoms with Crippen molar-refractivity contribution in [3.8, 4) is 5.75 Å². The summed E-state index contributed by atoms with van der Waals surface area (Å²) in [5.41, 5.74) is -1.20. The van der Waals surface area contributed by atoms with Gasteiger partial charge in [0, 0.05) is 32.1 Å². The number of aromatic nitrogens is 2. The molecule has 9 heteroatoms. The first-order valence-electron chi connectivity index (χ1n) is 8.75. The van der Waals surface area contributed by atoms with Gasteiger partial charge in [0.2, 0.25) is 5.89 Å². The second-order valence-electron chi connectivity index (χ2n) is 6.65. The largest absolute Gasteiger partial charge is 0.497 e. The Morgan fingerprint density at radius 1 is 1.48 bits per heavy atom. The smallest absolute Gasteiger partial charge is 0.256 e. The van der Waals surface area contributed by atoms with Gasteiger partial charge in [-0.3, -0.25) is 4.79 Å². The number of aliphatic hydroxyl groups is 1. The average Bonchev–Trinajstić information content (AvgIpc) is 3.06. The molecule has 1 unspecified atom stereocenters. The van der Waals surface area contributed by atoms with E-state index in [1.165, 1.54) is 24.1 Å². The summed E-state index contributed by atoms with van der Waals surface area (Å²) in [6.45, 7) is 2.55. The highest BCUT2D eigenvalue weighted by molar-refractivity contribution is 5.86. The van der Waals surface area contributed by atoms with Gasteiger partial charge in [0.15, 0.2) is 11.4 Å². The van der Waals surface area contributed by atoms with E-state index in [1.807, 2.05) is 0 Å². The van der Waals surface area contributed by atoms with E-state index in [9.17, 15) is 14.3 Å². The average molecular weight is 378 g/mol. The Balaban J connectivity index is 1.63. The number of methoxy groups -OCH3 is 1. The number of halogens is 1. The molecule has 1 saturated heterocycles. The minimum absolute atomic E-state index is 0.0521. The lowest BCUT2D eigenvalue weighted by Crippen LogP contribution is -2.57. The van der Waals surface area contributed by atoms with Crippen LogP contribution in [0.3, 0.4) is 0 Å². The summed E-state index contributed by atoms with van der Waals surface area (Å²) in [5.74, 6) is 0.583. The fourth-order valence-corrected chi connectivity index (χ4v) is 3.18. The Hall–Kier alpha value is -2.52. The topological polar surface area (TPSA) is 101 Å². The molecule has 1 aromatic heterocycles. The van der Waals surface area contributed by atoms with Gasteiger partial charge in [0.1, 0.15) is 11.6 Å². The molecule has 3 rings (SSSR count). The van der Waals surface area contributed by atoms with Crippen LogP contribution in [0.5, 0.6) is 5.75 Å². The molecule has 2 aromatic rings. The third kappa shape index (κ3) is 4.42. The number of nitrogens with one attached hydrogen (secondary N) is 1. The lowest BCUT2D eigenvalue weighted by molar-refractivity contribution is -0.157. The van der Waals surface area contributed by atoms with Crippen LogP contribution in [0, 0.1) is 12.7 Å². The fraction of sp³-hybridized carbons (Fsp3) is 0.500. The van der Waals surface area contributed by atoms with Crippen molar-refractivity contribution in [2.75, 3.05) is 20.2 Å². The quantitative estimate of drug-likeness (QED) is 0.746. The number of carbonyl (C=O) groups excluding carboxylic acids is 1. The van der Waals surface area contributed by atoms with Gasteiger partial charge < -0.3 is 24.6 Å². The molecule has 1 amide bonds. The fourth-order valence-electron chi connectivity index (χ4n) is 3.18. The summed E-state index contributed by atoms with van der Waals surface area (Å²) in [6, 6.07) is 4.40. The number of nitrogens with zero attached hydrogens (tertiary/aromatic N) is 3. The molecule has 1 aromatic carbocycles. The number of hydrogen-bond donors (Lipinski definition) is 2. The molecule has 0 radical (unpaired) electrons. The summed E-state index contributed by atoms with van der Waals surface area (Å²) in [5, 5.41) is 17.6. The van der Waals surface area contributed by atoms with E-state index in [0.29, 0.717) is 42.4 Å². The summed E-state index contributed by atoms with van der Waals surface area (Å²) in [7, 11) is 1.50. The Bertz CT molecular complexity index is 812. The van der Waals surface area contributed by atoms with Crippen LogP contribution in [-0.2, 0) is 17.9 Å². The molecule has 0 aliphatic carbocycles. The number of ether oxygens (including phenoxy) is 1. The van der Waals surface area contributed by atoms with Gasteiger partial charge in [-0.25, -0.2) is 4.39 Å². The van der Waals surface area contributed by atoms with Crippen LogP contribution in [0.25, 0.3) is 0 Å². The second kappa shape index (κ2) is 8.01. The number of amides is 1. The SMILES string of the molecule is COc1ccc(F)c(CN2CCCC(O)(CNCc3noc(C)n3)C2=O)c1. The maximum atomic E-state index is 14.1. The summed E-state index contributed by atoms with van der Waals surface area (Å²) >= 11 is 0. The van der Waals surface area contributed by atoms with E-state index in [1.54, 1.807) is 13.0 Å². The van der Waals surface area contributed by atoms with Gasteiger partial charge in [-0.15, -0.1) is 0 Å². The molecule has 1 aliphatic heterocycles. The van der Waals surface area contributed by atoms with Gasteiger partial charge in [0.25, 0.3) is 5.91 Å². The molecule has 1 atom stereocenters. The van der Waals surface area contributed by atoms with Crippen molar-refractivity contribution < 1.29 is 23.6 Å². The molecule has 0 saturated carbocycles. The Morgan fingerprint density at radius 3 is 3.00 bits per heavy atom. The Labute approximate surface area is 156 Å². The van der Waals surface area contributed by atoms with Crippen molar-refractivity contribution in [2.45, 2.75) is 38.5 Å². The normalized spacial score (nSPS) is 20.1. The molecule has 27 heavy (non-hydrogen) atoms. The number of likely N-dealkylation sites (tertiary alicyclic amines) is 1. The van der Waals surface area contributed by atoms with Crippen molar-refractivity contribution in [3.63, 3.8) is 0 Å². The first-order valence-corrected chi connectivity index (χ1v) is 8.75. The molecule has 1 aliphatic rings. The lowest BCUT2D eigenvalue weighted by atomic mass is 9.91. The zero-order valence-electron chi connectivity index (χ0n) is 15.4. The monoisotopic (exact) mass is 378 g/mol. The molecule has 0 bridgehead atoms. The zero-order chi connectivity index (χ0) is 19.4. The van der Waals surface area contributed by atoms with Gasteiger partial charge in [-0.05, 0) is 31.0 Å². The molecule has 1 fully saturated rings. The minimum Gasteiger partial charge on any atom is -0.497 e. The van der Waals surface area contributed by atoms with E-state index in [0.717, 1.165) is 0 Å². The lowest BCUT2D eigenvalue weighted by Gasteiger charge is -2.38. The molecule has 0 spiro atoms. The van der Waals surface area contributed by atoms with Crippen molar-refractivity contribution in [2.24, 2.45) is 0 Å². The highest BCUT2D eigenvalue weighted by Crippen LogP contribution is 2.25. The van der Waals surface area contributed by atoms with Crippen molar-refractivity contribution >= 4 is 5.91 Å². The summed E-state index contributed by atoms with van der Waals surface area (Å²) < 4.78 is 24.1. The highest BCUT2D eigenvalue weighted by Gasteiger charge is 2.42. The third-order valence-electron chi connectivity index (χ3n) is 4.59. The summed E-state index contributed by atoms with van der Waals surface area (Å²) in [6.07, 6.45) is 0.956. The number of piperidine rings is 1. The van der Waals surface area contributed by atoms with E-state index >= 15 is 0 Å². The van der Waals surface area contributed by atoms with Crippen LogP contribution >= 0.6 is 0 Å². The van der Waals surface area contributed by atoms with Crippen molar-refractivity contribution in [3.05, 3.63) is 41.3 Å². The Morgan fingerprint density at radius 2 is 2.30 bits per heavy atom. The first-order chi connectivity index (χ1) is 12.9. The number of benzene rings is 1. The van der Waals surface area contributed by atoms with Gasteiger partial charge in [-0.2, -0.15) is 4.98 Å². The van der Waals surface area contributed by atoms with Gasteiger partial charge >= 0.3 is 0 Å². The predicted molar refractivity (Wildman–Crippen MR) is 93.3 cm³/mol. The first kappa shape index (κ1) is 19.2. The number of aryl methyl sites for hydroxylation is 1. The molecular formula is C18H23FN4O4. The van der Waals surface area contributed by atoms with Gasteiger partial charge in [0.05, 0.1) is 13.7 Å². The van der Waals surface area contributed by atoms with Crippen LogP contribution in [0.15, 0.2) is 22.7 Å². The second-order valence-corrected chi connectivity index (χ2v) is 6.65. The molecule has 146 valence electrons. The Kier molecular flexibility index (Phi) is 5.71. The van der Waals surface area contributed by atoms with Crippen LogP contribution < -0.4 is 10.1 Å². The maximum absolute atomic E-state index is 14.1. The molecular weight excluding hydrogens is 355 g/mol. The third-order valence-corrected chi connectivity index (χ3v) is 4.59. The van der Waals surface area contributed by atoms with Crippen LogP contribution in [0.2, 0.25) is 0 Å². The van der Waals surface area contributed by atoms with Crippen LogP contribution in [0.1, 0.15) is 30.1 Å².